The number of para-hydroxylation sites is 1. The number of hydrogen-bond acceptors (Lipinski definition) is 2. The number of aromatic nitrogens is 2. The molecule has 1 aliphatic heterocycles. The Balaban J connectivity index is 1.79. The van der Waals surface area contributed by atoms with Crippen LogP contribution in [0.25, 0.3) is 5.65 Å². The molecule has 3 aromatic rings. The third-order valence-corrected chi connectivity index (χ3v) is 4.48. The van der Waals surface area contributed by atoms with Crippen molar-refractivity contribution in [3.63, 3.8) is 0 Å². The molecule has 0 N–H and O–H groups in total. The van der Waals surface area contributed by atoms with Crippen LogP contribution in [-0.2, 0) is 13.0 Å². The summed E-state index contributed by atoms with van der Waals surface area (Å²) in [6.45, 7) is 1.94. The summed E-state index contributed by atoms with van der Waals surface area (Å²) in [6, 6.07) is 14.7. The van der Waals surface area contributed by atoms with Crippen molar-refractivity contribution in [1.29, 1.82) is 0 Å². The number of anilines is 1. The van der Waals surface area contributed by atoms with Gasteiger partial charge in [0.2, 0.25) is 0 Å². The summed E-state index contributed by atoms with van der Waals surface area (Å²) >= 11 is 3.59. The maximum atomic E-state index is 4.77. The average Bonchev–Trinajstić information content (AvgIpc) is 2.88. The van der Waals surface area contributed by atoms with Crippen molar-refractivity contribution in [3.8, 4) is 0 Å². The number of pyridine rings is 1. The van der Waals surface area contributed by atoms with Crippen LogP contribution in [0.5, 0.6) is 0 Å². The summed E-state index contributed by atoms with van der Waals surface area (Å²) in [5, 5.41) is 0. The van der Waals surface area contributed by atoms with Crippen molar-refractivity contribution in [1.82, 2.24) is 9.38 Å². The van der Waals surface area contributed by atoms with E-state index in [9.17, 15) is 0 Å². The van der Waals surface area contributed by atoms with Crippen molar-refractivity contribution >= 4 is 27.3 Å². The number of benzene rings is 1. The SMILES string of the molecule is Brc1cccn2c3c(nc12)CCN(c1ccccc1)C3. The molecule has 0 spiro atoms. The number of fused-ring (bicyclic) bond motifs is 3. The Bertz CT molecular complexity index is 764. The lowest BCUT2D eigenvalue weighted by Crippen LogP contribution is -2.30. The molecule has 1 aromatic carbocycles. The maximum Gasteiger partial charge on any atom is 0.151 e. The van der Waals surface area contributed by atoms with Gasteiger partial charge in [-0.1, -0.05) is 18.2 Å². The zero-order chi connectivity index (χ0) is 13.5. The predicted octanol–water partition coefficient (Wildman–Crippen LogP) is 3.66. The van der Waals surface area contributed by atoms with Crippen molar-refractivity contribution in [2.75, 3.05) is 11.4 Å². The Hall–Kier alpha value is -1.81. The van der Waals surface area contributed by atoms with Gasteiger partial charge in [0.1, 0.15) is 0 Å². The van der Waals surface area contributed by atoms with E-state index in [2.05, 4.69) is 67.8 Å². The Morgan fingerprint density at radius 1 is 1.05 bits per heavy atom. The first-order valence-corrected chi connectivity index (χ1v) is 7.56. The van der Waals surface area contributed by atoms with Gasteiger partial charge in [0, 0.05) is 24.8 Å². The van der Waals surface area contributed by atoms with Crippen molar-refractivity contribution in [2.45, 2.75) is 13.0 Å². The first-order valence-electron chi connectivity index (χ1n) is 6.77. The molecule has 0 saturated carbocycles. The first kappa shape index (κ1) is 12.0. The van der Waals surface area contributed by atoms with E-state index >= 15 is 0 Å². The van der Waals surface area contributed by atoms with Gasteiger partial charge in [-0.05, 0) is 40.2 Å². The fourth-order valence-corrected chi connectivity index (χ4v) is 3.29. The second-order valence-electron chi connectivity index (χ2n) is 5.06. The first-order chi connectivity index (χ1) is 9.83. The quantitative estimate of drug-likeness (QED) is 0.680. The molecule has 2 aromatic heterocycles. The van der Waals surface area contributed by atoms with E-state index in [-0.39, 0.29) is 0 Å². The number of nitrogens with zero attached hydrogens (tertiary/aromatic N) is 3. The van der Waals surface area contributed by atoms with Crippen LogP contribution in [0.2, 0.25) is 0 Å². The van der Waals surface area contributed by atoms with Gasteiger partial charge in [-0.3, -0.25) is 0 Å². The van der Waals surface area contributed by atoms with Gasteiger partial charge in [0.25, 0.3) is 0 Å². The molecule has 0 amide bonds. The summed E-state index contributed by atoms with van der Waals surface area (Å²) in [5.41, 5.74) is 4.83. The molecule has 4 heteroatoms. The normalized spacial score (nSPS) is 14.6. The van der Waals surface area contributed by atoms with Crippen LogP contribution >= 0.6 is 15.9 Å². The van der Waals surface area contributed by atoms with Crippen LogP contribution in [0.3, 0.4) is 0 Å². The Labute approximate surface area is 126 Å². The molecule has 100 valence electrons. The van der Waals surface area contributed by atoms with E-state index < -0.39 is 0 Å². The highest BCUT2D eigenvalue weighted by Gasteiger charge is 2.22. The number of rotatable bonds is 1. The molecule has 0 saturated heterocycles. The van der Waals surface area contributed by atoms with Crippen LogP contribution in [0.1, 0.15) is 11.4 Å². The topological polar surface area (TPSA) is 20.5 Å². The maximum absolute atomic E-state index is 4.77. The molecule has 3 heterocycles. The lowest BCUT2D eigenvalue weighted by molar-refractivity contribution is 0.702. The lowest BCUT2D eigenvalue weighted by atomic mass is 10.1. The van der Waals surface area contributed by atoms with E-state index in [1.165, 1.54) is 17.1 Å². The smallest absolute Gasteiger partial charge is 0.151 e. The summed E-state index contributed by atoms with van der Waals surface area (Å²) in [4.78, 5) is 7.18. The molecule has 20 heavy (non-hydrogen) atoms. The van der Waals surface area contributed by atoms with Gasteiger partial charge in [0.15, 0.2) is 5.65 Å². The molecule has 0 unspecified atom stereocenters. The molecule has 0 bridgehead atoms. The lowest BCUT2D eigenvalue weighted by Gasteiger charge is -2.28. The highest BCUT2D eigenvalue weighted by molar-refractivity contribution is 9.10. The third kappa shape index (κ3) is 1.83. The molecule has 0 atom stereocenters. The minimum absolute atomic E-state index is 0.914. The minimum atomic E-state index is 0.914. The highest BCUT2D eigenvalue weighted by atomic mass is 79.9. The second-order valence-corrected chi connectivity index (χ2v) is 5.92. The highest BCUT2D eigenvalue weighted by Crippen LogP contribution is 2.27. The monoisotopic (exact) mass is 327 g/mol. The molecule has 3 nitrogen and oxygen atoms in total. The van der Waals surface area contributed by atoms with Crippen molar-refractivity contribution in [2.24, 2.45) is 0 Å². The van der Waals surface area contributed by atoms with E-state index in [4.69, 9.17) is 4.98 Å². The molecule has 0 radical (unpaired) electrons. The molecular formula is C16H14BrN3. The Kier molecular flexibility index (Phi) is 2.77. The van der Waals surface area contributed by atoms with E-state index in [0.717, 1.165) is 29.6 Å². The number of hydrogen-bond donors (Lipinski definition) is 0. The largest absolute Gasteiger partial charge is 0.365 e. The molecule has 1 aliphatic rings. The Morgan fingerprint density at radius 2 is 1.90 bits per heavy atom. The van der Waals surface area contributed by atoms with E-state index in [1.54, 1.807) is 0 Å². The van der Waals surface area contributed by atoms with Crippen LogP contribution < -0.4 is 4.90 Å². The molecule has 4 rings (SSSR count). The van der Waals surface area contributed by atoms with Crippen molar-refractivity contribution in [3.05, 3.63) is 64.5 Å². The van der Waals surface area contributed by atoms with Crippen LogP contribution in [-0.4, -0.2) is 15.9 Å². The molecular weight excluding hydrogens is 314 g/mol. The summed E-state index contributed by atoms with van der Waals surface area (Å²) in [5.74, 6) is 0. The third-order valence-electron chi connectivity index (χ3n) is 3.86. The van der Waals surface area contributed by atoms with Crippen molar-refractivity contribution < 1.29 is 0 Å². The zero-order valence-electron chi connectivity index (χ0n) is 11.0. The molecule has 0 fully saturated rings. The van der Waals surface area contributed by atoms with Gasteiger partial charge in [-0.25, -0.2) is 4.98 Å². The van der Waals surface area contributed by atoms with Gasteiger partial charge in [-0.2, -0.15) is 0 Å². The summed E-state index contributed by atoms with van der Waals surface area (Å²) in [6.07, 6.45) is 3.10. The molecule has 0 aliphatic carbocycles. The van der Waals surface area contributed by atoms with Crippen LogP contribution in [0.15, 0.2) is 53.1 Å². The predicted molar refractivity (Wildman–Crippen MR) is 84.1 cm³/mol. The second kappa shape index (κ2) is 4.63. The van der Waals surface area contributed by atoms with E-state index in [1.807, 2.05) is 6.07 Å². The standard InChI is InChI=1S/C16H14BrN3/c17-13-7-4-9-20-15-11-19(12-5-2-1-3-6-12)10-8-14(15)18-16(13)20/h1-7,9H,8,10-11H2. The summed E-state index contributed by atoms with van der Waals surface area (Å²) in [7, 11) is 0. The van der Waals surface area contributed by atoms with Crippen LogP contribution in [0, 0.1) is 0 Å². The fourth-order valence-electron chi connectivity index (χ4n) is 2.86. The van der Waals surface area contributed by atoms with Gasteiger partial charge in [0.05, 0.1) is 22.4 Å². The van der Waals surface area contributed by atoms with Gasteiger partial charge < -0.3 is 9.30 Å². The van der Waals surface area contributed by atoms with E-state index in [0.29, 0.717) is 0 Å². The van der Waals surface area contributed by atoms with Gasteiger partial charge in [-0.15, -0.1) is 0 Å². The number of imidazole rings is 1. The zero-order valence-corrected chi connectivity index (χ0v) is 12.5. The Morgan fingerprint density at radius 3 is 2.75 bits per heavy atom. The average molecular weight is 328 g/mol. The summed E-state index contributed by atoms with van der Waals surface area (Å²) < 4.78 is 3.26. The van der Waals surface area contributed by atoms with Crippen LogP contribution in [0.4, 0.5) is 5.69 Å². The van der Waals surface area contributed by atoms with Gasteiger partial charge >= 0.3 is 0 Å². The fraction of sp³-hybridized carbons (Fsp3) is 0.188. The number of halogens is 1. The minimum Gasteiger partial charge on any atom is -0.365 e.